The molecule has 1 aliphatic carbocycles. The van der Waals surface area contributed by atoms with Crippen LogP contribution in [-0.4, -0.2) is 30.9 Å². The van der Waals surface area contributed by atoms with Crippen molar-refractivity contribution in [2.75, 3.05) is 0 Å². The van der Waals surface area contributed by atoms with E-state index >= 15 is 0 Å². The highest BCUT2D eigenvalue weighted by Crippen LogP contribution is 2.36. The predicted octanol–water partition coefficient (Wildman–Crippen LogP) is 2.85. The van der Waals surface area contributed by atoms with Gasteiger partial charge in [0.15, 0.2) is 10.8 Å². The summed E-state index contributed by atoms with van der Waals surface area (Å²) >= 11 is 1.56. The number of aromatic nitrogens is 3. The molecule has 0 spiro atoms. The van der Waals surface area contributed by atoms with E-state index in [2.05, 4.69) is 10.2 Å². The lowest BCUT2D eigenvalue weighted by Crippen LogP contribution is -2.24. The van der Waals surface area contributed by atoms with E-state index in [0.29, 0.717) is 0 Å². The largest absolute Gasteiger partial charge is 0.481 e. The van der Waals surface area contributed by atoms with Gasteiger partial charge in [0.25, 0.3) is 0 Å². The summed E-state index contributed by atoms with van der Waals surface area (Å²) in [6.07, 6.45) is 6.85. The fourth-order valence-electron chi connectivity index (χ4n) is 2.73. The van der Waals surface area contributed by atoms with Gasteiger partial charge in [0.05, 0.1) is 5.92 Å². The number of pyridine rings is 1. The van der Waals surface area contributed by atoms with Crippen molar-refractivity contribution < 1.29 is 9.90 Å². The minimum atomic E-state index is -0.682. The van der Waals surface area contributed by atoms with Gasteiger partial charge in [-0.1, -0.05) is 37.1 Å². The Bertz CT molecular complexity index is 613. The molecule has 2 atom stereocenters. The van der Waals surface area contributed by atoms with Gasteiger partial charge >= 0.3 is 5.97 Å². The minimum absolute atomic E-state index is 0.0857. The Hall–Kier alpha value is -1.56. The van der Waals surface area contributed by atoms with Crippen molar-refractivity contribution >= 4 is 23.4 Å². The van der Waals surface area contributed by atoms with Crippen molar-refractivity contribution in [3.8, 4) is 0 Å². The van der Waals surface area contributed by atoms with Gasteiger partial charge in [-0.3, -0.25) is 9.20 Å². The third-order valence-corrected chi connectivity index (χ3v) is 5.17. The first kappa shape index (κ1) is 13.4. The quantitative estimate of drug-likeness (QED) is 0.881. The molecule has 0 bridgehead atoms. The molecular formula is C14H17N3O2S. The molecule has 0 radical (unpaired) electrons. The lowest BCUT2D eigenvalue weighted by Gasteiger charge is -2.19. The summed E-state index contributed by atoms with van der Waals surface area (Å²) in [7, 11) is 0. The van der Waals surface area contributed by atoms with Gasteiger partial charge in [-0.2, -0.15) is 0 Å². The number of carbonyl (C=O) groups is 1. The predicted molar refractivity (Wildman–Crippen MR) is 76.8 cm³/mol. The van der Waals surface area contributed by atoms with Crippen LogP contribution in [0.2, 0.25) is 0 Å². The molecule has 2 aromatic rings. The zero-order valence-electron chi connectivity index (χ0n) is 11.1. The molecule has 6 heteroatoms. The average Bonchev–Trinajstić information content (AvgIpc) is 2.69. The molecule has 0 saturated heterocycles. The lowest BCUT2D eigenvalue weighted by molar-refractivity contribution is -0.141. The van der Waals surface area contributed by atoms with Crippen molar-refractivity contribution in [1.29, 1.82) is 0 Å². The Morgan fingerprint density at radius 3 is 2.95 bits per heavy atom. The molecule has 20 heavy (non-hydrogen) atoms. The Balaban J connectivity index is 1.85. The normalized spacial score (nSPS) is 23.6. The Morgan fingerprint density at radius 1 is 1.25 bits per heavy atom. The van der Waals surface area contributed by atoms with E-state index in [1.54, 1.807) is 11.8 Å². The summed E-state index contributed by atoms with van der Waals surface area (Å²) in [5.41, 5.74) is 0.801. The number of thioether (sulfide) groups is 1. The molecule has 1 aliphatic rings. The molecule has 0 aliphatic heterocycles. The Kier molecular flexibility index (Phi) is 3.91. The van der Waals surface area contributed by atoms with Crippen LogP contribution in [0.5, 0.6) is 0 Å². The molecular weight excluding hydrogens is 274 g/mol. The van der Waals surface area contributed by atoms with Gasteiger partial charge in [0.1, 0.15) is 0 Å². The second kappa shape index (κ2) is 5.83. The van der Waals surface area contributed by atoms with E-state index in [1.165, 1.54) is 0 Å². The number of carboxylic acids is 1. The summed E-state index contributed by atoms with van der Waals surface area (Å²) in [5, 5.41) is 18.6. The lowest BCUT2D eigenvalue weighted by atomic mass is 10.0. The topological polar surface area (TPSA) is 67.5 Å². The molecule has 2 heterocycles. The van der Waals surface area contributed by atoms with Gasteiger partial charge in [-0.25, -0.2) is 0 Å². The highest BCUT2D eigenvalue weighted by atomic mass is 32.2. The van der Waals surface area contributed by atoms with Gasteiger partial charge in [-0.05, 0) is 25.0 Å². The van der Waals surface area contributed by atoms with Crippen molar-refractivity contribution in [2.24, 2.45) is 5.92 Å². The smallest absolute Gasteiger partial charge is 0.307 e. The fourth-order valence-corrected chi connectivity index (χ4v) is 4.06. The standard InChI is InChI=1S/C14H17N3O2S/c18-13(19)10-6-2-1-3-7-11(10)20-14-16-15-12-8-4-5-9-17(12)14/h4-5,8-11H,1-3,6-7H2,(H,18,19). The highest BCUT2D eigenvalue weighted by Gasteiger charge is 2.31. The first-order valence-electron chi connectivity index (χ1n) is 6.95. The number of rotatable bonds is 3. The van der Waals surface area contributed by atoms with Crippen LogP contribution in [0.4, 0.5) is 0 Å². The van der Waals surface area contributed by atoms with Crippen LogP contribution in [0, 0.1) is 5.92 Å². The summed E-state index contributed by atoms with van der Waals surface area (Å²) in [4.78, 5) is 11.5. The van der Waals surface area contributed by atoms with E-state index in [1.807, 2.05) is 28.8 Å². The van der Waals surface area contributed by atoms with Crippen LogP contribution in [0.3, 0.4) is 0 Å². The molecule has 106 valence electrons. The van der Waals surface area contributed by atoms with Crippen LogP contribution in [0.15, 0.2) is 29.6 Å². The van der Waals surface area contributed by atoms with Gasteiger partial charge in [-0.15, -0.1) is 10.2 Å². The maximum Gasteiger partial charge on any atom is 0.307 e. The molecule has 1 saturated carbocycles. The van der Waals surface area contributed by atoms with Crippen molar-refractivity contribution in [3.05, 3.63) is 24.4 Å². The summed E-state index contributed by atoms with van der Waals surface area (Å²) in [6, 6.07) is 5.76. The Morgan fingerprint density at radius 2 is 2.10 bits per heavy atom. The molecule has 2 aromatic heterocycles. The summed E-state index contributed by atoms with van der Waals surface area (Å²) in [6.45, 7) is 0. The second-order valence-corrected chi connectivity index (χ2v) is 6.36. The second-order valence-electron chi connectivity index (χ2n) is 5.15. The molecule has 1 N–H and O–H groups in total. The number of carboxylic acid groups (broad SMARTS) is 1. The van der Waals surface area contributed by atoms with Gasteiger partial charge in [0, 0.05) is 11.4 Å². The van der Waals surface area contributed by atoms with Crippen LogP contribution < -0.4 is 0 Å². The van der Waals surface area contributed by atoms with Gasteiger partial charge < -0.3 is 5.11 Å². The number of fused-ring (bicyclic) bond motifs is 1. The maximum atomic E-state index is 11.5. The van der Waals surface area contributed by atoms with Crippen molar-refractivity contribution in [1.82, 2.24) is 14.6 Å². The van der Waals surface area contributed by atoms with Crippen LogP contribution in [-0.2, 0) is 4.79 Å². The van der Waals surface area contributed by atoms with E-state index in [-0.39, 0.29) is 11.2 Å². The highest BCUT2D eigenvalue weighted by molar-refractivity contribution is 7.99. The van der Waals surface area contributed by atoms with E-state index < -0.39 is 5.97 Å². The average molecular weight is 291 g/mol. The monoisotopic (exact) mass is 291 g/mol. The first-order chi connectivity index (χ1) is 9.75. The van der Waals surface area contributed by atoms with Crippen molar-refractivity contribution in [3.63, 3.8) is 0 Å². The van der Waals surface area contributed by atoms with E-state index in [9.17, 15) is 9.90 Å². The van der Waals surface area contributed by atoms with E-state index in [0.717, 1.165) is 42.9 Å². The number of hydrogen-bond donors (Lipinski definition) is 1. The molecule has 1 fully saturated rings. The number of aliphatic carboxylic acids is 1. The van der Waals surface area contributed by atoms with Crippen molar-refractivity contribution in [2.45, 2.75) is 42.5 Å². The van der Waals surface area contributed by atoms with Gasteiger partial charge in [0.2, 0.25) is 0 Å². The van der Waals surface area contributed by atoms with Crippen LogP contribution in [0.25, 0.3) is 5.65 Å². The molecule has 5 nitrogen and oxygen atoms in total. The minimum Gasteiger partial charge on any atom is -0.481 e. The molecule has 3 rings (SSSR count). The van der Waals surface area contributed by atoms with E-state index in [4.69, 9.17) is 0 Å². The number of hydrogen-bond acceptors (Lipinski definition) is 4. The first-order valence-corrected chi connectivity index (χ1v) is 7.83. The zero-order chi connectivity index (χ0) is 13.9. The van der Waals surface area contributed by atoms with Crippen LogP contribution >= 0.6 is 11.8 Å². The summed E-state index contributed by atoms with van der Waals surface area (Å²) in [5.74, 6) is -0.961. The third-order valence-electron chi connectivity index (χ3n) is 3.81. The number of nitrogens with zero attached hydrogens (tertiary/aromatic N) is 3. The molecule has 0 amide bonds. The molecule has 0 aromatic carbocycles. The fraction of sp³-hybridized carbons (Fsp3) is 0.500. The molecule has 2 unspecified atom stereocenters. The SMILES string of the molecule is O=C(O)C1CCCCCC1Sc1nnc2ccccn12. The van der Waals surface area contributed by atoms with Crippen LogP contribution in [0.1, 0.15) is 32.1 Å². The summed E-state index contributed by atoms with van der Waals surface area (Å²) < 4.78 is 1.93. The Labute approximate surface area is 121 Å². The third kappa shape index (κ3) is 2.65. The maximum absolute atomic E-state index is 11.5. The zero-order valence-corrected chi connectivity index (χ0v) is 11.9.